The fourth-order valence-corrected chi connectivity index (χ4v) is 2.93. The summed E-state index contributed by atoms with van der Waals surface area (Å²) in [6, 6.07) is 14.7. The van der Waals surface area contributed by atoms with Gasteiger partial charge in [0.2, 0.25) is 0 Å². The third kappa shape index (κ3) is 3.55. The second-order valence-corrected chi connectivity index (χ2v) is 5.94. The SMILES string of the molecule is C/C=C/CCc1cc2ccc(-c3ccc(OC)cc3)cc2c(F)c1F. The van der Waals surface area contributed by atoms with Crippen LogP contribution in [0.2, 0.25) is 0 Å². The molecule has 3 aromatic rings. The molecule has 3 rings (SSSR count). The van der Waals surface area contributed by atoms with Gasteiger partial charge in [-0.3, -0.25) is 0 Å². The van der Waals surface area contributed by atoms with Crippen LogP contribution in [-0.4, -0.2) is 7.11 Å². The first-order valence-electron chi connectivity index (χ1n) is 8.30. The van der Waals surface area contributed by atoms with Crippen molar-refractivity contribution in [1.29, 1.82) is 0 Å². The van der Waals surface area contributed by atoms with E-state index < -0.39 is 11.6 Å². The van der Waals surface area contributed by atoms with Crippen LogP contribution in [0.5, 0.6) is 5.75 Å². The highest BCUT2D eigenvalue weighted by Gasteiger charge is 2.14. The molecule has 3 heteroatoms. The van der Waals surface area contributed by atoms with Gasteiger partial charge in [0, 0.05) is 5.39 Å². The van der Waals surface area contributed by atoms with E-state index in [0.717, 1.165) is 16.9 Å². The van der Waals surface area contributed by atoms with Crippen molar-refractivity contribution >= 4 is 10.8 Å². The first-order valence-corrected chi connectivity index (χ1v) is 8.30. The van der Waals surface area contributed by atoms with Crippen LogP contribution in [0.25, 0.3) is 21.9 Å². The van der Waals surface area contributed by atoms with E-state index in [2.05, 4.69) is 0 Å². The fourth-order valence-electron chi connectivity index (χ4n) is 2.93. The molecule has 0 aromatic heterocycles. The van der Waals surface area contributed by atoms with Crippen molar-refractivity contribution in [3.63, 3.8) is 0 Å². The number of hydrogen-bond acceptors (Lipinski definition) is 1. The van der Waals surface area contributed by atoms with Gasteiger partial charge in [-0.15, -0.1) is 0 Å². The molecule has 0 aliphatic carbocycles. The summed E-state index contributed by atoms with van der Waals surface area (Å²) in [7, 11) is 1.61. The van der Waals surface area contributed by atoms with Gasteiger partial charge in [-0.25, -0.2) is 8.78 Å². The first kappa shape index (κ1) is 17.2. The van der Waals surface area contributed by atoms with E-state index in [1.54, 1.807) is 19.2 Å². The molecule has 0 saturated carbocycles. The Bertz CT molecular complexity index is 911. The Morgan fingerprint density at radius 3 is 2.32 bits per heavy atom. The molecule has 0 atom stereocenters. The van der Waals surface area contributed by atoms with Gasteiger partial charge >= 0.3 is 0 Å². The van der Waals surface area contributed by atoms with Gasteiger partial charge in [0.25, 0.3) is 0 Å². The lowest BCUT2D eigenvalue weighted by Gasteiger charge is -2.10. The number of benzene rings is 3. The molecule has 0 spiro atoms. The van der Waals surface area contributed by atoms with E-state index in [0.29, 0.717) is 29.2 Å². The van der Waals surface area contributed by atoms with Crippen molar-refractivity contribution < 1.29 is 13.5 Å². The van der Waals surface area contributed by atoms with Crippen LogP contribution >= 0.6 is 0 Å². The maximum absolute atomic E-state index is 14.6. The predicted octanol–water partition coefficient (Wildman–Crippen LogP) is 6.30. The lowest BCUT2D eigenvalue weighted by molar-refractivity contribution is 0.415. The summed E-state index contributed by atoms with van der Waals surface area (Å²) in [4.78, 5) is 0. The number of hydrogen-bond donors (Lipinski definition) is 0. The zero-order chi connectivity index (χ0) is 17.8. The van der Waals surface area contributed by atoms with Crippen LogP contribution in [0.4, 0.5) is 8.78 Å². The molecule has 0 N–H and O–H groups in total. The second-order valence-electron chi connectivity index (χ2n) is 5.94. The van der Waals surface area contributed by atoms with Crippen molar-refractivity contribution in [3.8, 4) is 16.9 Å². The van der Waals surface area contributed by atoms with Gasteiger partial charge < -0.3 is 4.74 Å². The summed E-state index contributed by atoms with van der Waals surface area (Å²) in [5.74, 6) is -0.764. The van der Waals surface area contributed by atoms with E-state index in [1.807, 2.05) is 55.5 Å². The third-order valence-electron chi connectivity index (χ3n) is 4.33. The molecule has 1 nitrogen and oxygen atoms in total. The van der Waals surface area contributed by atoms with Crippen molar-refractivity contribution in [2.24, 2.45) is 0 Å². The molecule has 0 saturated heterocycles. The van der Waals surface area contributed by atoms with Crippen LogP contribution in [0.15, 0.2) is 60.7 Å². The van der Waals surface area contributed by atoms with E-state index in [4.69, 9.17) is 4.74 Å². The zero-order valence-electron chi connectivity index (χ0n) is 14.4. The average molecular weight is 338 g/mol. The van der Waals surface area contributed by atoms with Crippen molar-refractivity contribution in [2.75, 3.05) is 7.11 Å². The van der Waals surface area contributed by atoms with Crippen molar-refractivity contribution in [2.45, 2.75) is 19.8 Å². The maximum atomic E-state index is 14.6. The minimum atomic E-state index is -0.775. The molecular formula is C22H20F2O. The zero-order valence-corrected chi connectivity index (χ0v) is 14.4. The topological polar surface area (TPSA) is 9.23 Å². The number of rotatable bonds is 5. The van der Waals surface area contributed by atoms with Gasteiger partial charge in [0.15, 0.2) is 11.6 Å². The quantitative estimate of drug-likeness (QED) is 0.496. The minimum Gasteiger partial charge on any atom is -0.497 e. The molecule has 0 fully saturated rings. The molecule has 0 radical (unpaired) electrons. The smallest absolute Gasteiger partial charge is 0.166 e. The lowest BCUT2D eigenvalue weighted by Crippen LogP contribution is -1.96. The van der Waals surface area contributed by atoms with Crippen LogP contribution in [0.3, 0.4) is 0 Å². The summed E-state index contributed by atoms with van der Waals surface area (Å²) in [6.07, 6.45) is 5.05. The summed E-state index contributed by atoms with van der Waals surface area (Å²) in [5, 5.41) is 1.02. The average Bonchev–Trinajstić information content (AvgIpc) is 2.65. The van der Waals surface area contributed by atoms with Gasteiger partial charge in [0.05, 0.1) is 7.11 Å². The Balaban J connectivity index is 2.02. The molecule has 0 unspecified atom stereocenters. The number of allylic oxidation sites excluding steroid dienone is 2. The summed E-state index contributed by atoms with van der Waals surface area (Å²) >= 11 is 0. The highest BCUT2D eigenvalue weighted by atomic mass is 19.2. The predicted molar refractivity (Wildman–Crippen MR) is 99.0 cm³/mol. The Labute approximate surface area is 146 Å². The molecule has 0 aliphatic rings. The molecule has 0 amide bonds. The highest BCUT2D eigenvalue weighted by molar-refractivity contribution is 5.88. The van der Waals surface area contributed by atoms with Gasteiger partial charge in [-0.1, -0.05) is 36.4 Å². The molecule has 0 aliphatic heterocycles. The molecule has 25 heavy (non-hydrogen) atoms. The van der Waals surface area contributed by atoms with Crippen molar-refractivity contribution in [3.05, 3.63) is 77.9 Å². The third-order valence-corrected chi connectivity index (χ3v) is 4.33. The Hall–Kier alpha value is -2.68. The fraction of sp³-hybridized carbons (Fsp3) is 0.182. The second kappa shape index (κ2) is 7.47. The minimum absolute atomic E-state index is 0.306. The van der Waals surface area contributed by atoms with E-state index in [-0.39, 0.29) is 0 Å². The van der Waals surface area contributed by atoms with E-state index >= 15 is 0 Å². The van der Waals surface area contributed by atoms with Crippen LogP contribution in [-0.2, 0) is 6.42 Å². The Kier molecular flexibility index (Phi) is 5.13. The molecule has 128 valence electrons. The number of aryl methyl sites for hydroxylation is 1. The van der Waals surface area contributed by atoms with Gasteiger partial charge in [-0.05, 0) is 66.1 Å². The number of ether oxygens (including phenoxy) is 1. The number of methoxy groups -OCH3 is 1. The maximum Gasteiger partial charge on any atom is 0.166 e. The number of halogens is 2. The summed E-state index contributed by atoms with van der Waals surface area (Å²) < 4.78 is 34.1. The Morgan fingerprint density at radius 2 is 1.64 bits per heavy atom. The van der Waals surface area contributed by atoms with Crippen molar-refractivity contribution in [1.82, 2.24) is 0 Å². The number of fused-ring (bicyclic) bond motifs is 1. The van der Waals surface area contributed by atoms with Crippen LogP contribution in [0, 0.1) is 11.6 Å². The van der Waals surface area contributed by atoms with E-state index in [9.17, 15) is 8.78 Å². The van der Waals surface area contributed by atoms with Crippen LogP contribution in [0.1, 0.15) is 18.9 Å². The molecular weight excluding hydrogens is 318 g/mol. The summed E-state index contributed by atoms with van der Waals surface area (Å²) in [6.45, 7) is 1.91. The highest BCUT2D eigenvalue weighted by Crippen LogP contribution is 2.30. The normalized spacial score (nSPS) is 11.4. The van der Waals surface area contributed by atoms with E-state index in [1.165, 1.54) is 0 Å². The first-order chi connectivity index (χ1) is 12.1. The van der Waals surface area contributed by atoms with Crippen LogP contribution < -0.4 is 4.74 Å². The van der Waals surface area contributed by atoms with Gasteiger partial charge in [0.1, 0.15) is 5.75 Å². The standard InChI is InChI=1S/C22H20F2O/c1-3-4-5-6-18-13-17-8-7-16(14-20(17)22(24)21(18)23)15-9-11-19(25-2)12-10-15/h3-4,7-14H,5-6H2,1-2H3/b4-3+. The summed E-state index contributed by atoms with van der Waals surface area (Å²) in [5.41, 5.74) is 2.19. The molecule has 0 bridgehead atoms. The molecule has 0 heterocycles. The lowest BCUT2D eigenvalue weighted by atomic mass is 9.98. The molecule has 3 aromatic carbocycles. The monoisotopic (exact) mass is 338 g/mol. The van der Waals surface area contributed by atoms with Gasteiger partial charge in [-0.2, -0.15) is 0 Å². The largest absolute Gasteiger partial charge is 0.497 e. The Morgan fingerprint density at radius 1 is 0.920 bits per heavy atom.